The Labute approximate surface area is 153 Å². The van der Waals surface area contributed by atoms with Crippen LogP contribution >= 0.6 is 0 Å². The highest BCUT2D eigenvalue weighted by molar-refractivity contribution is 6.00. The summed E-state index contributed by atoms with van der Waals surface area (Å²) in [4.78, 5) is 40.1. The number of hydrogen-bond donors (Lipinski definition) is 1. The van der Waals surface area contributed by atoms with E-state index < -0.39 is 0 Å². The van der Waals surface area contributed by atoms with Crippen LogP contribution in [0.1, 0.15) is 37.6 Å². The van der Waals surface area contributed by atoms with Crippen molar-refractivity contribution in [3.8, 4) is 5.75 Å². The number of nitrogens with zero attached hydrogens (tertiary/aromatic N) is 2. The quantitative estimate of drug-likeness (QED) is 0.872. The fourth-order valence-electron chi connectivity index (χ4n) is 3.12. The summed E-state index contributed by atoms with van der Waals surface area (Å²) in [6.07, 6.45) is 0.505. The molecule has 0 unspecified atom stereocenters. The van der Waals surface area contributed by atoms with Crippen LogP contribution in [-0.4, -0.2) is 60.3 Å². The Bertz CT molecular complexity index is 731. The topological polar surface area (TPSA) is 79.0 Å². The summed E-state index contributed by atoms with van der Waals surface area (Å²) >= 11 is 0. The zero-order valence-corrected chi connectivity index (χ0v) is 15.5. The zero-order chi connectivity index (χ0) is 18.9. The van der Waals surface area contributed by atoms with Gasteiger partial charge in [0.1, 0.15) is 5.75 Å². The molecule has 7 nitrogen and oxygen atoms in total. The Morgan fingerprint density at radius 2 is 1.77 bits per heavy atom. The second-order valence-corrected chi connectivity index (χ2v) is 7.96. The van der Waals surface area contributed by atoms with Crippen molar-refractivity contribution in [2.75, 3.05) is 38.1 Å². The maximum atomic E-state index is 12.7. The molecule has 1 aromatic rings. The number of nitrogens with one attached hydrogen (secondary N) is 1. The molecule has 3 amide bonds. The Hall–Kier alpha value is -2.57. The molecule has 1 fully saturated rings. The molecule has 1 aromatic carbocycles. The van der Waals surface area contributed by atoms with Gasteiger partial charge in [0.2, 0.25) is 5.91 Å². The van der Waals surface area contributed by atoms with Crippen molar-refractivity contribution in [3.05, 3.63) is 23.8 Å². The number of benzene rings is 1. The summed E-state index contributed by atoms with van der Waals surface area (Å²) < 4.78 is 5.31. The van der Waals surface area contributed by atoms with Gasteiger partial charge in [-0.3, -0.25) is 14.4 Å². The average Bonchev–Trinajstić information content (AvgIpc) is 2.59. The number of piperazine rings is 1. The molecule has 0 atom stereocenters. The summed E-state index contributed by atoms with van der Waals surface area (Å²) in [7, 11) is 0. The van der Waals surface area contributed by atoms with Crippen LogP contribution in [-0.2, 0) is 9.59 Å². The molecule has 2 aliphatic heterocycles. The summed E-state index contributed by atoms with van der Waals surface area (Å²) in [6, 6.07) is 5.05. The van der Waals surface area contributed by atoms with E-state index in [4.69, 9.17) is 4.74 Å². The summed E-state index contributed by atoms with van der Waals surface area (Å²) in [5.41, 5.74) is 0.981. The lowest BCUT2D eigenvalue weighted by Crippen LogP contribution is -2.51. The van der Waals surface area contributed by atoms with Crippen LogP contribution in [0, 0.1) is 5.41 Å². The first kappa shape index (κ1) is 18.2. The van der Waals surface area contributed by atoms with Crippen LogP contribution in [0.4, 0.5) is 5.69 Å². The molecule has 0 saturated carbocycles. The highest BCUT2D eigenvalue weighted by atomic mass is 16.5. The van der Waals surface area contributed by atoms with Gasteiger partial charge < -0.3 is 19.9 Å². The second-order valence-electron chi connectivity index (χ2n) is 7.96. The highest BCUT2D eigenvalue weighted by Crippen LogP contribution is 2.29. The number of carbonyl (C=O) groups is 3. The fraction of sp³-hybridized carbons (Fsp3) is 0.526. The molecule has 26 heavy (non-hydrogen) atoms. The molecule has 2 heterocycles. The normalized spacial score (nSPS) is 17.3. The highest BCUT2D eigenvalue weighted by Gasteiger charge is 2.28. The number of anilines is 1. The van der Waals surface area contributed by atoms with Crippen molar-refractivity contribution in [1.29, 1.82) is 0 Å². The maximum absolute atomic E-state index is 12.7. The van der Waals surface area contributed by atoms with E-state index in [0.29, 0.717) is 49.6 Å². The molecule has 2 aliphatic rings. The van der Waals surface area contributed by atoms with Crippen LogP contribution in [0.3, 0.4) is 0 Å². The Kier molecular flexibility index (Phi) is 4.89. The summed E-state index contributed by atoms with van der Waals surface area (Å²) in [5.74, 6) is 0.376. The summed E-state index contributed by atoms with van der Waals surface area (Å²) in [6.45, 7) is 8.24. The van der Waals surface area contributed by atoms with Crippen LogP contribution < -0.4 is 10.1 Å². The Morgan fingerprint density at radius 3 is 2.42 bits per heavy atom. The Balaban J connectivity index is 1.61. The van der Waals surface area contributed by atoms with Gasteiger partial charge in [-0.05, 0) is 23.6 Å². The van der Waals surface area contributed by atoms with Crippen molar-refractivity contribution in [2.45, 2.75) is 27.2 Å². The van der Waals surface area contributed by atoms with Crippen LogP contribution in [0.15, 0.2) is 18.2 Å². The third-order valence-corrected chi connectivity index (χ3v) is 4.46. The Morgan fingerprint density at radius 1 is 1.12 bits per heavy atom. The van der Waals surface area contributed by atoms with Gasteiger partial charge in [-0.1, -0.05) is 20.8 Å². The number of amides is 3. The first-order valence-corrected chi connectivity index (χ1v) is 8.87. The van der Waals surface area contributed by atoms with Gasteiger partial charge in [0.05, 0.1) is 5.69 Å². The fourth-order valence-corrected chi connectivity index (χ4v) is 3.12. The smallest absolute Gasteiger partial charge is 0.262 e. The molecule has 7 heteroatoms. The lowest BCUT2D eigenvalue weighted by Gasteiger charge is -2.36. The van der Waals surface area contributed by atoms with Gasteiger partial charge in [0.25, 0.3) is 11.8 Å². The van der Waals surface area contributed by atoms with E-state index in [0.717, 1.165) is 0 Å². The number of ether oxygens (including phenoxy) is 1. The molecular weight excluding hydrogens is 334 g/mol. The van der Waals surface area contributed by atoms with Gasteiger partial charge in [-0.15, -0.1) is 0 Å². The molecular formula is C19H25N3O4. The van der Waals surface area contributed by atoms with E-state index in [1.54, 1.807) is 23.1 Å². The number of fused-ring (bicyclic) bond motifs is 1. The predicted molar refractivity (Wildman–Crippen MR) is 97.1 cm³/mol. The van der Waals surface area contributed by atoms with Crippen LogP contribution in [0.25, 0.3) is 0 Å². The first-order chi connectivity index (χ1) is 12.2. The van der Waals surface area contributed by atoms with E-state index in [-0.39, 0.29) is 29.7 Å². The minimum absolute atomic E-state index is 0.00908. The van der Waals surface area contributed by atoms with E-state index in [1.165, 1.54) is 0 Å². The number of carbonyl (C=O) groups excluding carboxylic acids is 3. The van der Waals surface area contributed by atoms with Gasteiger partial charge in [0, 0.05) is 38.2 Å². The van der Waals surface area contributed by atoms with E-state index in [1.807, 2.05) is 25.7 Å². The third kappa shape index (κ3) is 4.15. The van der Waals surface area contributed by atoms with Crippen molar-refractivity contribution >= 4 is 23.4 Å². The average molecular weight is 359 g/mol. The van der Waals surface area contributed by atoms with E-state index in [9.17, 15) is 14.4 Å². The lowest BCUT2D eigenvalue weighted by atomic mass is 9.91. The molecule has 0 aromatic heterocycles. The minimum Gasteiger partial charge on any atom is -0.482 e. The van der Waals surface area contributed by atoms with Crippen molar-refractivity contribution in [3.63, 3.8) is 0 Å². The van der Waals surface area contributed by atoms with Gasteiger partial charge in [0.15, 0.2) is 6.61 Å². The third-order valence-electron chi connectivity index (χ3n) is 4.46. The lowest BCUT2D eigenvalue weighted by molar-refractivity contribution is -0.134. The molecule has 0 aliphatic carbocycles. The van der Waals surface area contributed by atoms with Crippen molar-refractivity contribution < 1.29 is 19.1 Å². The molecule has 1 saturated heterocycles. The predicted octanol–water partition coefficient (Wildman–Crippen LogP) is 1.74. The largest absolute Gasteiger partial charge is 0.482 e. The number of hydrogen-bond acceptors (Lipinski definition) is 4. The number of rotatable bonds is 2. The van der Waals surface area contributed by atoms with E-state index in [2.05, 4.69) is 5.32 Å². The molecule has 140 valence electrons. The minimum atomic E-state index is -0.229. The van der Waals surface area contributed by atoms with Crippen molar-refractivity contribution in [1.82, 2.24) is 9.80 Å². The van der Waals surface area contributed by atoms with Crippen LogP contribution in [0.2, 0.25) is 0 Å². The summed E-state index contributed by atoms with van der Waals surface area (Å²) in [5, 5.41) is 2.71. The monoisotopic (exact) mass is 359 g/mol. The van der Waals surface area contributed by atoms with Gasteiger partial charge in [-0.2, -0.15) is 0 Å². The van der Waals surface area contributed by atoms with Crippen molar-refractivity contribution in [2.24, 2.45) is 5.41 Å². The SMILES string of the molecule is CC(C)(C)CC(=O)N1CCN(C(=O)c2ccc3c(c2)NC(=O)CO3)CC1. The maximum Gasteiger partial charge on any atom is 0.262 e. The molecule has 0 bridgehead atoms. The standard InChI is InChI=1S/C19H25N3O4/c1-19(2,3)11-17(24)21-6-8-22(9-7-21)18(25)13-4-5-15-14(10-13)20-16(23)12-26-15/h4-5,10H,6-9,11-12H2,1-3H3,(H,20,23). The first-order valence-electron chi connectivity index (χ1n) is 8.87. The van der Waals surface area contributed by atoms with Gasteiger partial charge >= 0.3 is 0 Å². The molecule has 0 spiro atoms. The molecule has 1 N–H and O–H groups in total. The zero-order valence-electron chi connectivity index (χ0n) is 15.5. The molecule has 0 radical (unpaired) electrons. The van der Waals surface area contributed by atoms with Crippen LogP contribution in [0.5, 0.6) is 5.75 Å². The second kappa shape index (κ2) is 6.97. The molecule has 3 rings (SSSR count). The van der Waals surface area contributed by atoms with E-state index >= 15 is 0 Å². The van der Waals surface area contributed by atoms with Gasteiger partial charge in [-0.25, -0.2) is 0 Å².